The van der Waals surface area contributed by atoms with Gasteiger partial charge in [0, 0.05) is 19.8 Å². The zero-order valence-corrected chi connectivity index (χ0v) is 17.7. The van der Waals surface area contributed by atoms with Gasteiger partial charge in [0.1, 0.15) is 11.4 Å². The minimum atomic E-state index is -0.818. The number of hydrogen-bond donors (Lipinski definition) is 3. The number of amides is 3. The number of nitrogens with zero attached hydrogens (tertiary/aromatic N) is 3. The molecule has 1 fully saturated rings. The molecule has 0 radical (unpaired) electrons. The summed E-state index contributed by atoms with van der Waals surface area (Å²) < 4.78 is 4.99. The molecule has 3 rings (SSSR count). The van der Waals surface area contributed by atoms with Crippen molar-refractivity contribution in [3.63, 3.8) is 0 Å². The minimum absolute atomic E-state index is 0.00733. The zero-order valence-electron chi connectivity index (χ0n) is 17.7. The molecule has 164 valence electrons. The van der Waals surface area contributed by atoms with Crippen LogP contribution in [0.4, 0.5) is 11.5 Å². The molecule has 0 bridgehead atoms. The van der Waals surface area contributed by atoms with E-state index in [0.717, 1.165) is 24.2 Å². The molecule has 2 aromatic heterocycles. The molecular formula is C21H26N6O4. The molecule has 3 amide bonds. The van der Waals surface area contributed by atoms with E-state index in [1.807, 2.05) is 19.1 Å². The third-order valence-corrected chi connectivity index (χ3v) is 5.27. The van der Waals surface area contributed by atoms with Crippen LogP contribution < -0.4 is 21.1 Å². The molecule has 0 spiro atoms. The summed E-state index contributed by atoms with van der Waals surface area (Å²) in [4.78, 5) is 47.2. The van der Waals surface area contributed by atoms with Crippen molar-refractivity contribution >= 4 is 29.2 Å². The van der Waals surface area contributed by atoms with Gasteiger partial charge in [-0.1, -0.05) is 13.0 Å². The maximum Gasteiger partial charge on any atom is 0.313 e. The van der Waals surface area contributed by atoms with Crippen LogP contribution in [0.2, 0.25) is 0 Å². The summed E-state index contributed by atoms with van der Waals surface area (Å²) in [6.07, 6.45) is 4.69. The van der Waals surface area contributed by atoms with Crippen molar-refractivity contribution in [1.82, 2.24) is 14.9 Å². The van der Waals surface area contributed by atoms with Crippen LogP contribution in [0.5, 0.6) is 5.88 Å². The average molecular weight is 426 g/mol. The molecule has 0 saturated carbocycles. The van der Waals surface area contributed by atoms with Gasteiger partial charge in [0.05, 0.1) is 25.0 Å². The van der Waals surface area contributed by atoms with E-state index < -0.39 is 17.7 Å². The third-order valence-electron chi connectivity index (χ3n) is 5.27. The van der Waals surface area contributed by atoms with E-state index >= 15 is 0 Å². The lowest BCUT2D eigenvalue weighted by atomic mass is 9.90. The summed E-state index contributed by atoms with van der Waals surface area (Å²) in [6, 6.07) is 4.83. The Labute approximate surface area is 180 Å². The van der Waals surface area contributed by atoms with Gasteiger partial charge in [-0.15, -0.1) is 0 Å². The van der Waals surface area contributed by atoms with Crippen molar-refractivity contribution in [2.45, 2.75) is 25.8 Å². The van der Waals surface area contributed by atoms with Crippen molar-refractivity contribution in [3.05, 3.63) is 41.7 Å². The normalized spacial score (nSPS) is 18.2. The molecule has 1 saturated heterocycles. The molecule has 1 aliphatic rings. The summed E-state index contributed by atoms with van der Waals surface area (Å²) in [5, 5.41) is 5.47. The van der Waals surface area contributed by atoms with Crippen LogP contribution in [0, 0.1) is 5.92 Å². The fourth-order valence-corrected chi connectivity index (χ4v) is 3.65. The first kappa shape index (κ1) is 22.0. The van der Waals surface area contributed by atoms with Crippen LogP contribution in [-0.2, 0) is 9.59 Å². The summed E-state index contributed by atoms with van der Waals surface area (Å²) in [5.74, 6) is -1.21. The van der Waals surface area contributed by atoms with Gasteiger partial charge in [0.2, 0.25) is 5.88 Å². The first-order valence-corrected chi connectivity index (χ1v) is 9.93. The van der Waals surface area contributed by atoms with Gasteiger partial charge in [-0.25, -0.2) is 9.97 Å². The van der Waals surface area contributed by atoms with Crippen LogP contribution in [0.1, 0.15) is 41.7 Å². The number of nitrogens with two attached hydrogens (primary N) is 1. The molecule has 10 heteroatoms. The SMILES string of the molecule is CNc1ccc([C@@H]2CC[C@H](C)CN2C(=O)C(=O)Nc2cnc(OC)c(C(N)=O)c2)cn1. The van der Waals surface area contributed by atoms with Crippen molar-refractivity contribution < 1.29 is 19.1 Å². The lowest BCUT2D eigenvalue weighted by Crippen LogP contribution is -2.46. The van der Waals surface area contributed by atoms with Crippen LogP contribution in [0.15, 0.2) is 30.6 Å². The molecule has 10 nitrogen and oxygen atoms in total. The molecule has 0 unspecified atom stereocenters. The average Bonchev–Trinajstić information content (AvgIpc) is 2.78. The molecule has 2 atom stereocenters. The van der Waals surface area contributed by atoms with Gasteiger partial charge >= 0.3 is 11.8 Å². The maximum absolute atomic E-state index is 13.0. The molecule has 31 heavy (non-hydrogen) atoms. The number of likely N-dealkylation sites (tertiary alicyclic amines) is 1. The van der Waals surface area contributed by atoms with Gasteiger partial charge < -0.3 is 26.0 Å². The van der Waals surface area contributed by atoms with Gasteiger partial charge in [0.25, 0.3) is 5.91 Å². The zero-order chi connectivity index (χ0) is 22.5. The van der Waals surface area contributed by atoms with Crippen molar-refractivity contribution in [2.75, 3.05) is 31.3 Å². The summed E-state index contributed by atoms with van der Waals surface area (Å²) >= 11 is 0. The molecule has 3 heterocycles. The van der Waals surface area contributed by atoms with E-state index in [0.29, 0.717) is 6.54 Å². The van der Waals surface area contributed by atoms with Gasteiger partial charge in [0.15, 0.2) is 0 Å². The molecule has 0 aliphatic carbocycles. The fourth-order valence-electron chi connectivity index (χ4n) is 3.65. The number of aromatic nitrogens is 2. The highest BCUT2D eigenvalue weighted by atomic mass is 16.5. The summed E-state index contributed by atoms with van der Waals surface area (Å²) in [5.41, 5.74) is 6.38. The fraction of sp³-hybridized carbons (Fsp3) is 0.381. The Hall–Kier alpha value is -3.69. The molecule has 1 aliphatic heterocycles. The monoisotopic (exact) mass is 426 g/mol. The van der Waals surface area contributed by atoms with Crippen LogP contribution in [0.25, 0.3) is 0 Å². The minimum Gasteiger partial charge on any atom is -0.480 e. The van der Waals surface area contributed by atoms with Gasteiger partial charge in [-0.05, 0) is 36.5 Å². The Morgan fingerprint density at radius 2 is 1.97 bits per heavy atom. The number of piperidine rings is 1. The number of ether oxygens (including phenoxy) is 1. The topological polar surface area (TPSA) is 140 Å². The lowest BCUT2D eigenvalue weighted by molar-refractivity contribution is -0.146. The van der Waals surface area contributed by atoms with Crippen LogP contribution in [0.3, 0.4) is 0 Å². The predicted octanol–water partition coefficient (Wildman–Crippen LogP) is 1.56. The summed E-state index contributed by atoms with van der Waals surface area (Å²) in [7, 11) is 3.13. The van der Waals surface area contributed by atoms with E-state index in [2.05, 4.69) is 20.6 Å². The third kappa shape index (κ3) is 4.90. The lowest BCUT2D eigenvalue weighted by Gasteiger charge is -2.38. The van der Waals surface area contributed by atoms with E-state index in [4.69, 9.17) is 10.5 Å². The Balaban J connectivity index is 1.80. The number of anilines is 2. The predicted molar refractivity (Wildman–Crippen MR) is 115 cm³/mol. The Kier molecular flexibility index (Phi) is 6.68. The smallest absolute Gasteiger partial charge is 0.313 e. The van der Waals surface area contributed by atoms with E-state index in [1.54, 1.807) is 18.1 Å². The molecular weight excluding hydrogens is 400 g/mol. The number of rotatable bonds is 5. The standard InChI is InChI=1S/C21H26N6O4/c1-12-4-6-16(13-5-7-17(23-2)24-9-13)27(11-12)21(30)19(29)26-14-8-15(18(22)28)20(31-3)25-10-14/h5,7-10,12,16H,4,6,11H2,1-3H3,(H2,22,28)(H,23,24)(H,26,29)/t12-,16-/m0/s1. The van der Waals surface area contributed by atoms with Crippen molar-refractivity contribution in [2.24, 2.45) is 11.7 Å². The number of nitrogens with one attached hydrogen (secondary N) is 2. The van der Waals surface area contributed by atoms with Gasteiger partial charge in [-0.2, -0.15) is 0 Å². The Bertz CT molecular complexity index is 978. The van der Waals surface area contributed by atoms with E-state index in [9.17, 15) is 14.4 Å². The molecule has 0 aromatic carbocycles. The van der Waals surface area contributed by atoms with E-state index in [-0.39, 0.29) is 29.1 Å². The second kappa shape index (κ2) is 9.41. The summed E-state index contributed by atoms with van der Waals surface area (Å²) in [6.45, 7) is 2.50. The van der Waals surface area contributed by atoms with Crippen molar-refractivity contribution in [1.29, 1.82) is 0 Å². The Morgan fingerprint density at radius 3 is 2.58 bits per heavy atom. The number of carbonyl (C=O) groups excluding carboxylic acids is 3. The quantitative estimate of drug-likeness (QED) is 0.617. The first-order valence-electron chi connectivity index (χ1n) is 9.93. The van der Waals surface area contributed by atoms with Crippen molar-refractivity contribution in [3.8, 4) is 5.88 Å². The van der Waals surface area contributed by atoms with E-state index in [1.165, 1.54) is 19.4 Å². The number of methoxy groups -OCH3 is 1. The largest absolute Gasteiger partial charge is 0.480 e. The molecule has 4 N–H and O–H groups in total. The second-order valence-electron chi connectivity index (χ2n) is 7.48. The highest BCUT2D eigenvalue weighted by Gasteiger charge is 2.34. The number of hydrogen-bond acceptors (Lipinski definition) is 7. The number of pyridine rings is 2. The first-order chi connectivity index (χ1) is 14.8. The Morgan fingerprint density at radius 1 is 1.19 bits per heavy atom. The number of carbonyl (C=O) groups is 3. The highest BCUT2D eigenvalue weighted by molar-refractivity contribution is 6.39. The van der Waals surface area contributed by atoms with Crippen LogP contribution in [-0.4, -0.2) is 53.3 Å². The maximum atomic E-state index is 13.0. The highest BCUT2D eigenvalue weighted by Crippen LogP contribution is 2.33. The van der Waals surface area contributed by atoms with Gasteiger partial charge in [-0.3, -0.25) is 14.4 Å². The number of primary amides is 1. The molecule has 2 aromatic rings. The van der Waals surface area contributed by atoms with Crippen LogP contribution >= 0.6 is 0 Å². The second-order valence-corrected chi connectivity index (χ2v) is 7.48.